The van der Waals surface area contributed by atoms with Gasteiger partial charge in [-0.25, -0.2) is 0 Å². The van der Waals surface area contributed by atoms with Gasteiger partial charge in [0, 0.05) is 62.2 Å². The number of nitrogens with one attached hydrogen (secondary N) is 1. The molecule has 2 aromatic carbocycles. The third-order valence-corrected chi connectivity index (χ3v) is 6.41. The van der Waals surface area contributed by atoms with E-state index in [0.717, 1.165) is 30.5 Å². The Bertz CT molecular complexity index is 1040. The maximum atomic E-state index is 3.30. The van der Waals surface area contributed by atoms with E-state index in [-0.39, 0.29) is 0 Å². The molecule has 1 heterocycles. The Morgan fingerprint density at radius 3 is 2.16 bits per heavy atom. The third kappa shape index (κ3) is 6.18. The highest BCUT2D eigenvalue weighted by molar-refractivity contribution is 5.90. The summed E-state index contributed by atoms with van der Waals surface area (Å²) in [5.74, 6) is 0. The van der Waals surface area contributed by atoms with Crippen molar-refractivity contribution in [1.29, 1.82) is 0 Å². The second-order valence-corrected chi connectivity index (χ2v) is 10.3. The van der Waals surface area contributed by atoms with Crippen LogP contribution in [0.4, 0.5) is 5.69 Å². The molecule has 0 radical (unpaired) electrons. The standard InChI is InChI=1S/C27H43N5/c1-28-21-22-10-11-23-19-24-12-13-25(30(4)5)20-27(24)31(26(23)18-22)15-9-17-32(6,7)16-8-14-29(2)3/h10-13,18-20,28H,8-9,14-17,21H2,1-7H3/q+2. The predicted molar refractivity (Wildman–Crippen MR) is 138 cm³/mol. The summed E-state index contributed by atoms with van der Waals surface area (Å²) in [6.07, 6.45) is 2.40. The SMILES string of the molecule is CNCc1ccc2cc3ccc(N(C)C)cc3[n+](CCC[N+](C)(C)CCCN(C)C)c2c1. The third-order valence-electron chi connectivity index (χ3n) is 6.41. The number of hydrogen-bond donors (Lipinski definition) is 1. The number of aromatic nitrogens is 1. The van der Waals surface area contributed by atoms with E-state index in [4.69, 9.17) is 0 Å². The number of quaternary nitrogens is 1. The van der Waals surface area contributed by atoms with Gasteiger partial charge in [0.25, 0.3) is 0 Å². The molecule has 0 amide bonds. The Kier molecular flexibility index (Phi) is 8.10. The van der Waals surface area contributed by atoms with Gasteiger partial charge in [-0.05, 0) is 51.0 Å². The van der Waals surface area contributed by atoms with Crippen LogP contribution in [0.3, 0.4) is 0 Å². The fraction of sp³-hybridized carbons (Fsp3) is 0.519. The molecule has 0 atom stereocenters. The molecule has 1 aromatic heterocycles. The van der Waals surface area contributed by atoms with Crippen molar-refractivity contribution in [3.05, 3.63) is 48.0 Å². The monoisotopic (exact) mass is 437 g/mol. The second kappa shape index (κ2) is 10.6. The summed E-state index contributed by atoms with van der Waals surface area (Å²) in [5, 5.41) is 5.92. The van der Waals surface area contributed by atoms with Gasteiger partial charge >= 0.3 is 0 Å². The van der Waals surface area contributed by atoms with Gasteiger partial charge in [-0.15, -0.1) is 0 Å². The van der Waals surface area contributed by atoms with E-state index in [1.165, 1.54) is 52.6 Å². The number of benzene rings is 2. The van der Waals surface area contributed by atoms with Gasteiger partial charge in [0.05, 0.1) is 33.6 Å². The quantitative estimate of drug-likeness (QED) is 0.282. The highest BCUT2D eigenvalue weighted by atomic mass is 15.3. The molecule has 3 rings (SSSR count). The average molecular weight is 438 g/mol. The van der Waals surface area contributed by atoms with Gasteiger partial charge in [0.2, 0.25) is 11.0 Å². The van der Waals surface area contributed by atoms with E-state index >= 15 is 0 Å². The number of hydrogen-bond acceptors (Lipinski definition) is 3. The molecule has 0 bridgehead atoms. The first-order valence-electron chi connectivity index (χ1n) is 11.9. The lowest BCUT2D eigenvalue weighted by Crippen LogP contribution is -2.44. The number of aryl methyl sites for hydroxylation is 1. The van der Waals surface area contributed by atoms with E-state index in [1.54, 1.807) is 0 Å². The van der Waals surface area contributed by atoms with Crippen molar-refractivity contribution in [3.8, 4) is 0 Å². The maximum absolute atomic E-state index is 3.30. The molecule has 32 heavy (non-hydrogen) atoms. The summed E-state index contributed by atoms with van der Waals surface area (Å²) in [7, 11) is 15.3. The van der Waals surface area contributed by atoms with Gasteiger partial charge in [-0.3, -0.25) is 0 Å². The molecule has 0 unspecified atom stereocenters. The lowest BCUT2D eigenvalue weighted by molar-refractivity contribution is -0.892. The Hall–Kier alpha value is -2.21. The average Bonchev–Trinajstić information content (AvgIpc) is 2.72. The summed E-state index contributed by atoms with van der Waals surface area (Å²) >= 11 is 0. The predicted octanol–water partition coefficient (Wildman–Crippen LogP) is 3.48. The number of anilines is 1. The first-order chi connectivity index (χ1) is 15.2. The van der Waals surface area contributed by atoms with Crippen LogP contribution in [0.15, 0.2) is 42.5 Å². The van der Waals surface area contributed by atoms with Crippen LogP contribution < -0.4 is 14.8 Å². The zero-order valence-corrected chi connectivity index (χ0v) is 21.3. The number of nitrogens with zero attached hydrogens (tertiary/aromatic N) is 4. The van der Waals surface area contributed by atoms with E-state index in [2.05, 4.69) is 104 Å². The van der Waals surface area contributed by atoms with Crippen molar-refractivity contribution in [2.45, 2.75) is 25.9 Å². The highest BCUT2D eigenvalue weighted by Gasteiger charge is 2.20. The maximum Gasteiger partial charge on any atom is 0.215 e. The van der Waals surface area contributed by atoms with Crippen LogP contribution in [0.5, 0.6) is 0 Å². The van der Waals surface area contributed by atoms with E-state index < -0.39 is 0 Å². The van der Waals surface area contributed by atoms with Gasteiger partial charge < -0.3 is 19.6 Å². The van der Waals surface area contributed by atoms with Crippen LogP contribution in [0.25, 0.3) is 21.8 Å². The largest absolute Gasteiger partial charge is 0.377 e. The zero-order chi connectivity index (χ0) is 23.3. The minimum absolute atomic E-state index is 0.890. The molecule has 0 saturated heterocycles. The normalized spacial score (nSPS) is 12.2. The smallest absolute Gasteiger partial charge is 0.215 e. The molecule has 0 saturated carbocycles. The number of rotatable bonds is 11. The summed E-state index contributed by atoms with van der Waals surface area (Å²) in [6.45, 7) is 5.48. The van der Waals surface area contributed by atoms with Crippen LogP contribution >= 0.6 is 0 Å². The molecule has 0 spiro atoms. The second-order valence-electron chi connectivity index (χ2n) is 10.3. The molecule has 5 heteroatoms. The molecule has 3 aromatic rings. The van der Waals surface area contributed by atoms with Crippen molar-refractivity contribution < 1.29 is 9.05 Å². The molecule has 0 aliphatic heterocycles. The van der Waals surface area contributed by atoms with Crippen molar-refractivity contribution in [2.24, 2.45) is 0 Å². The molecule has 0 fully saturated rings. The first-order valence-corrected chi connectivity index (χ1v) is 11.9. The molecule has 0 aliphatic rings. The van der Waals surface area contributed by atoms with Crippen LogP contribution in [0.1, 0.15) is 18.4 Å². The fourth-order valence-corrected chi connectivity index (χ4v) is 4.55. The van der Waals surface area contributed by atoms with E-state index in [9.17, 15) is 0 Å². The van der Waals surface area contributed by atoms with Crippen molar-refractivity contribution in [3.63, 3.8) is 0 Å². The van der Waals surface area contributed by atoms with Crippen molar-refractivity contribution in [2.75, 3.05) is 73.9 Å². The topological polar surface area (TPSA) is 22.4 Å². The summed E-state index contributed by atoms with van der Waals surface area (Å²) < 4.78 is 3.63. The zero-order valence-electron chi connectivity index (χ0n) is 21.3. The van der Waals surface area contributed by atoms with Crippen LogP contribution in [-0.4, -0.2) is 78.4 Å². The number of fused-ring (bicyclic) bond motifs is 2. The van der Waals surface area contributed by atoms with Crippen LogP contribution in [0, 0.1) is 0 Å². The number of pyridine rings is 1. The van der Waals surface area contributed by atoms with E-state index in [1.807, 2.05) is 7.05 Å². The Morgan fingerprint density at radius 1 is 0.844 bits per heavy atom. The Morgan fingerprint density at radius 2 is 1.50 bits per heavy atom. The summed E-state index contributed by atoms with van der Waals surface area (Å²) in [6, 6.07) is 16.1. The van der Waals surface area contributed by atoms with Gasteiger partial charge in [-0.1, -0.05) is 6.07 Å². The van der Waals surface area contributed by atoms with Crippen molar-refractivity contribution >= 4 is 27.5 Å². The molecular weight excluding hydrogens is 394 g/mol. The molecule has 174 valence electrons. The van der Waals surface area contributed by atoms with Gasteiger partial charge in [0.15, 0.2) is 6.54 Å². The van der Waals surface area contributed by atoms with Crippen LogP contribution in [0.2, 0.25) is 0 Å². The molecule has 5 nitrogen and oxygen atoms in total. The summed E-state index contributed by atoms with van der Waals surface area (Å²) in [5.41, 5.74) is 5.23. The molecule has 1 N–H and O–H groups in total. The fourth-order valence-electron chi connectivity index (χ4n) is 4.55. The lowest BCUT2D eigenvalue weighted by Gasteiger charge is -2.30. The van der Waals surface area contributed by atoms with Crippen LogP contribution in [-0.2, 0) is 13.1 Å². The minimum Gasteiger partial charge on any atom is -0.377 e. The van der Waals surface area contributed by atoms with Crippen molar-refractivity contribution in [1.82, 2.24) is 10.2 Å². The molecule has 0 aliphatic carbocycles. The molecular formula is C27H43N5+2. The Labute approximate surface area is 194 Å². The highest BCUT2D eigenvalue weighted by Crippen LogP contribution is 2.24. The lowest BCUT2D eigenvalue weighted by atomic mass is 10.1. The Balaban J connectivity index is 1.93. The van der Waals surface area contributed by atoms with Gasteiger partial charge in [-0.2, -0.15) is 4.57 Å². The van der Waals surface area contributed by atoms with Gasteiger partial charge in [0.1, 0.15) is 0 Å². The van der Waals surface area contributed by atoms with E-state index in [0.29, 0.717) is 0 Å². The summed E-state index contributed by atoms with van der Waals surface area (Å²) in [4.78, 5) is 4.47. The minimum atomic E-state index is 0.890. The first kappa shape index (κ1) is 24.4.